The third kappa shape index (κ3) is 5.28. The fraction of sp³-hybridized carbons (Fsp3) is 0.200. The van der Waals surface area contributed by atoms with Gasteiger partial charge in [0.15, 0.2) is 5.76 Å². The van der Waals surface area contributed by atoms with Crippen LogP contribution in [0.3, 0.4) is 0 Å². The maximum absolute atomic E-state index is 12.4. The Morgan fingerprint density at radius 3 is 2.63 bits per heavy atom. The van der Waals surface area contributed by atoms with Crippen molar-refractivity contribution in [2.75, 3.05) is 17.7 Å². The lowest BCUT2D eigenvalue weighted by molar-refractivity contribution is -0.116. The number of rotatable bonds is 5. The minimum atomic E-state index is -0.316. The van der Waals surface area contributed by atoms with Gasteiger partial charge in [-0.2, -0.15) is 0 Å². The van der Waals surface area contributed by atoms with E-state index in [-0.39, 0.29) is 11.8 Å². The molecule has 2 aromatic carbocycles. The van der Waals surface area contributed by atoms with E-state index in [1.807, 2.05) is 19.1 Å². The van der Waals surface area contributed by atoms with Gasteiger partial charge in [0.25, 0.3) is 11.8 Å². The fourth-order valence-electron chi connectivity index (χ4n) is 2.46. The predicted molar refractivity (Wildman–Crippen MR) is 109 cm³/mol. The SMILES string of the molecule is Cc1ccc(C(=O)NCc2ccc(Cl)cc2)cc1NC(=O)C1=CSCCO1. The van der Waals surface area contributed by atoms with Crippen LogP contribution in [0, 0.1) is 6.92 Å². The molecule has 0 aliphatic carbocycles. The Bertz CT molecular complexity index is 881. The molecule has 0 saturated heterocycles. The van der Waals surface area contributed by atoms with E-state index in [0.717, 1.165) is 16.9 Å². The zero-order chi connectivity index (χ0) is 19.2. The molecule has 1 heterocycles. The first-order chi connectivity index (χ1) is 13.0. The van der Waals surface area contributed by atoms with E-state index in [9.17, 15) is 9.59 Å². The summed E-state index contributed by atoms with van der Waals surface area (Å²) in [6, 6.07) is 12.5. The number of hydrogen-bond donors (Lipinski definition) is 2. The first-order valence-corrected chi connectivity index (χ1v) is 9.85. The lowest BCUT2D eigenvalue weighted by Crippen LogP contribution is -2.23. The molecule has 2 N–H and O–H groups in total. The Hall–Kier alpha value is -2.44. The van der Waals surface area contributed by atoms with E-state index in [1.165, 1.54) is 11.8 Å². The van der Waals surface area contributed by atoms with E-state index in [0.29, 0.717) is 35.2 Å². The summed E-state index contributed by atoms with van der Waals surface area (Å²) in [5.41, 5.74) is 2.87. The van der Waals surface area contributed by atoms with Gasteiger partial charge in [0.1, 0.15) is 0 Å². The van der Waals surface area contributed by atoms with Gasteiger partial charge >= 0.3 is 0 Å². The smallest absolute Gasteiger partial charge is 0.291 e. The first kappa shape index (κ1) is 19.3. The largest absolute Gasteiger partial charge is 0.487 e. The van der Waals surface area contributed by atoms with E-state index in [1.54, 1.807) is 35.7 Å². The van der Waals surface area contributed by atoms with Crippen LogP contribution < -0.4 is 10.6 Å². The molecule has 0 bridgehead atoms. The Labute approximate surface area is 167 Å². The highest BCUT2D eigenvalue weighted by atomic mass is 35.5. The van der Waals surface area contributed by atoms with Crippen molar-refractivity contribution in [1.29, 1.82) is 0 Å². The lowest BCUT2D eigenvalue weighted by atomic mass is 10.1. The number of carbonyl (C=O) groups excluding carboxylic acids is 2. The van der Waals surface area contributed by atoms with Crippen LogP contribution in [0.2, 0.25) is 5.02 Å². The van der Waals surface area contributed by atoms with Gasteiger partial charge in [0.05, 0.1) is 6.61 Å². The summed E-state index contributed by atoms with van der Waals surface area (Å²) >= 11 is 7.40. The van der Waals surface area contributed by atoms with E-state index < -0.39 is 0 Å². The van der Waals surface area contributed by atoms with Crippen LogP contribution in [0.15, 0.2) is 53.6 Å². The van der Waals surface area contributed by atoms with Crippen molar-refractivity contribution >= 4 is 40.9 Å². The highest BCUT2D eigenvalue weighted by Gasteiger charge is 2.16. The van der Waals surface area contributed by atoms with Crippen LogP contribution in [-0.4, -0.2) is 24.2 Å². The number of amides is 2. The number of carbonyl (C=O) groups is 2. The second-order valence-corrected chi connectivity index (χ2v) is 7.41. The van der Waals surface area contributed by atoms with Crippen LogP contribution in [0.25, 0.3) is 0 Å². The molecule has 140 valence electrons. The molecule has 27 heavy (non-hydrogen) atoms. The third-order valence-corrected chi connectivity index (χ3v) is 5.02. The molecule has 2 aromatic rings. The Balaban J connectivity index is 1.66. The minimum Gasteiger partial charge on any atom is -0.487 e. The van der Waals surface area contributed by atoms with Crippen LogP contribution in [-0.2, 0) is 16.1 Å². The Morgan fingerprint density at radius 2 is 1.93 bits per heavy atom. The van der Waals surface area contributed by atoms with Crippen LogP contribution in [0.5, 0.6) is 0 Å². The van der Waals surface area contributed by atoms with Crippen molar-refractivity contribution in [2.45, 2.75) is 13.5 Å². The van der Waals surface area contributed by atoms with Gasteiger partial charge in [-0.25, -0.2) is 0 Å². The molecule has 0 aromatic heterocycles. The molecule has 0 atom stereocenters. The number of thioether (sulfide) groups is 1. The van der Waals surface area contributed by atoms with Crippen molar-refractivity contribution in [1.82, 2.24) is 5.32 Å². The number of ether oxygens (including phenoxy) is 1. The average molecular weight is 403 g/mol. The van der Waals surface area contributed by atoms with Crippen LogP contribution >= 0.6 is 23.4 Å². The summed E-state index contributed by atoms with van der Waals surface area (Å²) in [5, 5.41) is 8.04. The van der Waals surface area contributed by atoms with Crippen molar-refractivity contribution in [3.05, 3.63) is 75.3 Å². The summed E-state index contributed by atoms with van der Waals surface area (Å²) in [6.07, 6.45) is 0. The summed E-state index contributed by atoms with van der Waals surface area (Å²) in [7, 11) is 0. The number of halogens is 1. The van der Waals surface area contributed by atoms with E-state index >= 15 is 0 Å². The zero-order valence-corrected chi connectivity index (χ0v) is 16.3. The van der Waals surface area contributed by atoms with Gasteiger partial charge in [-0.1, -0.05) is 29.8 Å². The quantitative estimate of drug-likeness (QED) is 0.789. The van der Waals surface area contributed by atoms with Gasteiger partial charge in [-0.3, -0.25) is 9.59 Å². The number of aryl methyl sites for hydroxylation is 1. The zero-order valence-electron chi connectivity index (χ0n) is 14.8. The Morgan fingerprint density at radius 1 is 1.15 bits per heavy atom. The highest BCUT2D eigenvalue weighted by Crippen LogP contribution is 2.21. The lowest BCUT2D eigenvalue weighted by Gasteiger charge is -2.15. The molecule has 7 heteroatoms. The van der Waals surface area contributed by atoms with Crippen molar-refractivity contribution < 1.29 is 14.3 Å². The molecule has 3 rings (SSSR count). The molecule has 0 fully saturated rings. The summed E-state index contributed by atoms with van der Waals surface area (Å²) < 4.78 is 5.37. The monoisotopic (exact) mass is 402 g/mol. The average Bonchev–Trinajstić information content (AvgIpc) is 2.69. The number of anilines is 1. The van der Waals surface area contributed by atoms with Gasteiger partial charge in [-0.15, -0.1) is 11.8 Å². The topological polar surface area (TPSA) is 67.4 Å². The maximum atomic E-state index is 12.4. The molecule has 1 aliphatic heterocycles. The number of benzene rings is 2. The molecule has 5 nitrogen and oxygen atoms in total. The Kier molecular flexibility index (Phi) is 6.42. The fourth-order valence-corrected chi connectivity index (χ4v) is 3.21. The molecule has 2 amide bonds. The third-order valence-electron chi connectivity index (χ3n) is 3.99. The molecule has 1 aliphatic rings. The van der Waals surface area contributed by atoms with Crippen molar-refractivity contribution in [2.24, 2.45) is 0 Å². The minimum absolute atomic E-state index is 0.218. The molecule has 0 radical (unpaired) electrons. The van der Waals surface area contributed by atoms with Crippen molar-refractivity contribution in [3.8, 4) is 0 Å². The molecule has 0 spiro atoms. The second kappa shape index (κ2) is 8.97. The van der Waals surface area contributed by atoms with E-state index in [4.69, 9.17) is 16.3 Å². The predicted octanol–water partition coefficient (Wildman–Crippen LogP) is 4.12. The highest BCUT2D eigenvalue weighted by molar-refractivity contribution is 8.02. The maximum Gasteiger partial charge on any atom is 0.291 e. The summed E-state index contributed by atoms with van der Waals surface area (Å²) in [5.74, 6) is 0.593. The standard InChI is InChI=1S/C20H19ClN2O3S/c1-13-2-5-15(19(24)22-11-14-3-6-16(21)7-4-14)10-17(13)23-20(25)18-12-27-9-8-26-18/h2-7,10,12H,8-9,11H2,1H3,(H,22,24)(H,23,25). The number of hydrogen-bond acceptors (Lipinski definition) is 4. The molecular weight excluding hydrogens is 384 g/mol. The first-order valence-electron chi connectivity index (χ1n) is 8.42. The summed E-state index contributed by atoms with van der Waals surface area (Å²) in [6.45, 7) is 2.77. The van der Waals surface area contributed by atoms with Gasteiger partial charge in [0, 0.05) is 34.0 Å². The van der Waals surface area contributed by atoms with Gasteiger partial charge in [0.2, 0.25) is 0 Å². The summed E-state index contributed by atoms with van der Waals surface area (Å²) in [4.78, 5) is 24.8. The van der Waals surface area contributed by atoms with Gasteiger partial charge in [-0.05, 0) is 42.3 Å². The molecule has 0 saturated carbocycles. The van der Waals surface area contributed by atoms with E-state index in [2.05, 4.69) is 10.6 Å². The molecular formula is C20H19ClN2O3S. The van der Waals surface area contributed by atoms with Gasteiger partial charge < -0.3 is 15.4 Å². The normalized spacial score (nSPS) is 13.3. The van der Waals surface area contributed by atoms with Crippen molar-refractivity contribution in [3.63, 3.8) is 0 Å². The van der Waals surface area contributed by atoms with Crippen LogP contribution in [0.4, 0.5) is 5.69 Å². The number of nitrogens with one attached hydrogen (secondary N) is 2. The van der Waals surface area contributed by atoms with Crippen LogP contribution in [0.1, 0.15) is 21.5 Å². The second-order valence-electron chi connectivity index (χ2n) is 5.99. The molecule has 0 unspecified atom stereocenters.